The highest BCUT2D eigenvalue weighted by Gasteiger charge is 2.19. The first-order valence-corrected chi connectivity index (χ1v) is 8.20. The van der Waals surface area contributed by atoms with Gasteiger partial charge in [0.15, 0.2) is 0 Å². The van der Waals surface area contributed by atoms with Crippen molar-refractivity contribution in [2.75, 3.05) is 6.54 Å². The first-order chi connectivity index (χ1) is 11.8. The fourth-order valence-corrected chi connectivity index (χ4v) is 3.17. The van der Waals surface area contributed by atoms with Crippen molar-refractivity contribution < 1.29 is 8.81 Å². The molecule has 0 bridgehead atoms. The molecule has 3 heterocycles. The Morgan fingerprint density at radius 3 is 3.08 bits per heavy atom. The zero-order valence-electron chi connectivity index (χ0n) is 13.3. The lowest BCUT2D eigenvalue weighted by Crippen LogP contribution is -2.29. The second-order valence-corrected chi connectivity index (χ2v) is 6.18. The number of fused-ring (bicyclic) bond motifs is 1. The standard InChI is InChI=1S/C18H19FN4O/c19-16-4-2-1-3-15(16)17-7-6-14(24-17)10-20-9-13-5-8-18-22-21-12-23(18)11-13/h1-4,6-7,12-13,20H,5,8-11H2. The summed E-state index contributed by atoms with van der Waals surface area (Å²) >= 11 is 0. The Morgan fingerprint density at radius 1 is 1.25 bits per heavy atom. The van der Waals surface area contributed by atoms with E-state index in [-0.39, 0.29) is 5.82 Å². The number of aryl methyl sites for hydroxylation is 1. The average molecular weight is 326 g/mol. The topological polar surface area (TPSA) is 55.9 Å². The van der Waals surface area contributed by atoms with Gasteiger partial charge in [0.25, 0.3) is 0 Å². The maximum Gasteiger partial charge on any atom is 0.137 e. The third-order valence-corrected chi connectivity index (χ3v) is 4.46. The maximum atomic E-state index is 13.8. The molecule has 1 unspecified atom stereocenters. The van der Waals surface area contributed by atoms with Crippen LogP contribution in [0.25, 0.3) is 11.3 Å². The molecule has 1 aliphatic heterocycles. The summed E-state index contributed by atoms with van der Waals surface area (Å²) in [6.07, 6.45) is 3.89. The van der Waals surface area contributed by atoms with E-state index in [0.29, 0.717) is 23.8 Å². The molecule has 4 rings (SSSR count). The molecule has 0 saturated heterocycles. The molecule has 0 radical (unpaired) electrons. The molecule has 0 fully saturated rings. The third kappa shape index (κ3) is 3.10. The summed E-state index contributed by atoms with van der Waals surface area (Å²) in [5.41, 5.74) is 0.496. The number of furan rings is 1. The lowest BCUT2D eigenvalue weighted by atomic mass is 9.99. The molecule has 2 aromatic heterocycles. The molecule has 1 atom stereocenters. The van der Waals surface area contributed by atoms with Crippen molar-refractivity contribution >= 4 is 0 Å². The molecule has 6 heteroatoms. The minimum absolute atomic E-state index is 0.265. The van der Waals surface area contributed by atoms with Crippen molar-refractivity contribution in [3.8, 4) is 11.3 Å². The van der Waals surface area contributed by atoms with Crippen molar-refractivity contribution in [2.45, 2.75) is 25.9 Å². The van der Waals surface area contributed by atoms with E-state index in [2.05, 4.69) is 20.1 Å². The van der Waals surface area contributed by atoms with Crippen molar-refractivity contribution in [3.05, 3.63) is 60.1 Å². The third-order valence-electron chi connectivity index (χ3n) is 4.46. The summed E-state index contributed by atoms with van der Waals surface area (Å²) in [5.74, 6) is 2.75. The molecule has 0 aliphatic carbocycles. The van der Waals surface area contributed by atoms with Gasteiger partial charge in [0.05, 0.1) is 12.1 Å². The van der Waals surface area contributed by atoms with E-state index in [1.807, 2.05) is 12.1 Å². The quantitative estimate of drug-likeness (QED) is 0.783. The van der Waals surface area contributed by atoms with Crippen molar-refractivity contribution in [1.29, 1.82) is 0 Å². The first kappa shape index (κ1) is 15.1. The minimum atomic E-state index is -0.265. The smallest absolute Gasteiger partial charge is 0.137 e. The van der Waals surface area contributed by atoms with Gasteiger partial charge in [0, 0.05) is 19.5 Å². The number of rotatable bonds is 5. The average Bonchev–Trinajstić information content (AvgIpc) is 3.24. The number of benzene rings is 1. The Balaban J connectivity index is 1.32. The summed E-state index contributed by atoms with van der Waals surface area (Å²) in [7, 11) is 0. The molecule has 24 heavy (non-hydrogen) atoms. The molecule has 3 aromatic rings. The van der Waals surface area contributed by atoms with Crippen molar-refractivity contribution in [3.63, 3.8) is 0 Å². The Hall–Kier alpha value is -2.47. The Labute approximate surface area is 139 Å². The zero-order chi connectivity index (χ0) is 16.4. The van der Waals surface area contributed by atoms with Crippen molar-refractivity contribution in [1.82, 2.24) is 20.1 Å². The van der Waals surface area contributed by atoms with Gasteiger partial charge in [-0.3, -0.25) is 0 Å². The van der Waals surface area contributed by atoms with Gasteiger partial charge >= 0.3 is 0 Å². The molecule has 1 N–H and O–H groups in total. The summed E-state index contributed by atoms with van der Waals surface area (Å²) in [4.78, 5) is 0. The van der Waals surface area contributed by atoms with Gasteiger partial charge in [0.2, 0.25) is 0 Å². The summed E-state index contributed by atoms with van der Waals surface area (Å²) in [6, 6.07) is 10.4. The molecule has 1 aromatic carbocycles. The molecular weight excluding hydrogens is 307 g/mol. The lowest BCUT2D eigenvalue weighted by molar-refractivity contribution is 0.342. The van der Waals surface area contributed by atoms with E-state index in [1.165, 1.54) is 6.07 Å². The molecule has 124 valence electrons. The fraction of sp³-hybridized carbons (Fsp3) is 0.333. The van der Waals surface area contributed by atoms with Crippen LogP contribution in [0.2, 0.25) is 0 Å². The number of halogens is 1. The van der Waals surface area contributed by atoms with Crippen molar-refractivity contribution in [2.24, 2.45) is 5.92 Å². The van der Waals surface area contributed by atoms with E-state index < -0.39 is 0 Å². The summed E-state index contributed by atoms with van der Waals surface area (Å²) in [5, 5.41) is 11.5. The normalized spacial score (nSPS) is 17.0. The largest absolute Gasteiger partial charge is 0.460 e. The fourth-order valence-electron chi connectivity index (χ4n) is 3.17. The van der Waals surface area contributed by atoms with Gasteiger partial charge in [-0.15, -0.1) is 10.2 Å². The van der Waals surface area contributed by atoms with Crippen LogP contribution in [0, 0.1) is 11.7 Å². The monoisotopic (exact) mass is 326 g/mol. The van der Waals surface area contributed by atoms with Crippen LogP contribution in [0.15, 0.2) is 47.1 Å². The number of nitrogens with zero attached hydrogens (tertiary/aromatic N) is 3. The van der Waals surface area contributed by atoms with E-state index >= 15 is 0 Å². The van der Waals surface area contributed by atoms with Crippen LogP contribution < -0.4 is 5.32 Å². The van der Waals surface area contributed by atoms with E-state index in [4.69, 9.17) is 4.42 Å². The Bertz CT molecular complexity index is 826. The zero-order valence-corrected chi connectivity index (χ0v) is 13.3. The number of aromatic nitrogens is 3. The summed E-state index contributed by atoms with van der Waals surface area (Å²) in [6.45, 7) is 2.50. The Morgan fingerprint density at radius 2 is 2.17 bits per heavy atom. The first-order valence-electron chi connectivity index (χ1n) is 8.20. The number of hydrogen-bond donors (Lipinski definition) is 1. The van der Waals surface area contributed by atoms with Crippen LogP contribution in [-0.2, 0) is 19.5 Å². The molecular formula is C18H19FN4O. The highest BCUT2D eigenvalue weighted by Crippen LogP contribution is 2.24. The van der Waals surface area contributed by atoms with E-state index in [9.17, 15) is 4.39 Å². The summed E-state index contributed by atoms with van der Waals surface area (Å²) < 4.78 is 21.7. The maximum absolute atomic E-state index is 13.8. The van der Waals surface area contributed by atoms with Gasteiger partial charge in [0.1, 0.15) is 29.5 Å². The van der Waals surface area contributed by atoms with Gasteiger partial charge in [-0.05, 0) is 36.6 Å². The number of nitrogens with one attached hydrogen (secondary N) is 1. The van der Waals surface area contributed by atoms with Crippen LogP contribution in [0.3, 0.4) is 0 Å². The van der Waals surface area contributed by atoms with Crippen LogP contribution in [0.1, 0.15) is 18.0 Å². The second-order valence-electron chi connectivity index (χ2n) is 6.18. The number of hydrogen-bond acceptors (Lipinski definition) is 4. The highest BCUT2D eigenvalue weighted by molar-refractivity contribution is 5.58. The van der Waals surface area contributed by atoms with E-state index in [1.54, 1.807) is 24.5 Å². The lowest BCUT2D eigenvalue weighted by Gasteiger charge is -2.23. The van der Waals surface area contributed by atoms with Gasteiger partial charge in [-0.25, -0.2) is 4.39 Å². The van der Waals surface area contributed by atoms with Gasteiger partial charge in [-0.1, -0.05) is 12.1 Å². The van der Waals surface area contributed by atoms with Gasteiger partial charge in [-0.2, -0.15) is 0 Å². The highest BCUT2D eigenvalue weighted by atomic mass is 19.1. The molecule has 0 spiro atoms. The molecule has 1 aliphatic rings. The predicted molar refractivity (Wildman–Crippen MR) is 87.6 cm³/mol. The SMILES string of the molecule is Fc1ccccc1-c1ccc(CNCC2CCc3nncn3C2)o1. The second kappa shape index (κ2) is 6.57. The molecule has 0 amide bonds. The molecule has 5 nitrogen and oxygen atoms in total. The van der Waals surface area contributed by atoms with Crippen LogP contribution in [0.5, 0.6) is 0 Å². The minimum Gasteiger partial charge on any atom is -0.460 e. The van der Waals surface area contributed by atoms with Crippen LogP contribution in [-0.4, -0.2) is 21.3 Å². The Kier molecular flexibility index (Phi) is 4.13. The molecule has 0 saturated carbocycles. The van der Waals surface area contributed by atoms with Crippen LogP contribution in [0.4, 0.5) is 4.39 Å². The predicted octanol–water partition coefficient (Wildman–Crippen LogP) is 3.03. The van der Waals surface area contributed by atoms with E-state index in [0.717, 1.165) is 37.5 Å². The van der Waals surface area contributed by atoms with Gasteiger partial charge < -0.3 is 14.3 Å². The van der Waals surface area contributed by atoms with Crippen LogP contribution >= 0.6 is 0 Å².